The van der Waals surface area contributed by atoms with Gasteiger partial charge in [0.25, 0.3) is 0 Å². The minimum atomic E-state index is -0.947. The molecule has 106 valence electrons. The van der Waals surface area contributed by atoms with Crippen LogP contribution in [-0.4, -0.2) is 28.6 Å². The average molecular weight is 272 g/mol. The Morgan fingerprint density at radius 2 is 2.00 bits per heavy atom. The molecular weight excluding hydrogens is 252 g/mol. The van der Waals surface area contributed by atoms with Gasteiger partial charge in [0.05, 0.1) is 5.52 Å². The number of hydrogen-bond donors (Lipinski definition) is 1. The predicted molar refractivity (Wildman–Crippen MR) is 81.5 cm³/mol. The summed E-state index contributed by atoms with van der Waals surface area (Å²) in [5.41, 5.74) is 0.901. The van der Waals surface area contributed by atoms with Crippen molar-refractivity contribution in [3.8, 4) is 0 Å². The third-order valence-corrected chi connectivity index (χ3v) is 4.03. The number of fused-ring (bicyclic) bond motifs is 1. The Labute approximate surface area is 119 Å². The smallest absolute Gasteiger partial charge is 0.339 e. The van der Waals surface area contributed by atoms with E-state index < -0.39 is 5.97 Å². The lowest BCUT2D eigenvalue weighted by atomic mass is 9.99. The quantitative estimate of drug-likeness (QED) is 0.924. The Bertz CT molecular complexity index is 650. The van der Waals surface area contributed by atoms with Crippen molar-refractivity contribution in [3.63, 3.8) is 0 Å². The molecule has 20 heavy (non-hydrogen) atoms. The SMILES string of the molecule is CCC(C)(C)N(C)c1nc2ccccc2cc1C(=O)O. The van der Waals surface area contributed by atoms with Gasteiger partial charge in [-0.05, 0) is 32.4 Å². The molecule has 4 heteroatoms. The lowest BCUT2D eigenvalue weighted by Gasteiger charge is -2.36. The second-order valence-electron chi connectivity index (χ2n) is 5.58. The number of aromatic carboxylic acids is 1. The van der Waals surface area contributed by atoms with Crippen LogP contribution in [0.3, 0.4) is 0 Å². The minimum Gasteiger partial charge on any atom is -0.478 e. The average Bonchev–Trinajstić information content (AvgIpc) is 2.44. The van der Waals surface area contributed by atoms with Crippen molar-refractivity contribution in [1.82, 2.24) is 4.98 Å². The van der Waals surface area contributed by atoms with Crippen LogP contribution in [0.5, 0.6) is 0 Å². The molecule has 1 N–H and O–H groups in total. The highest BCUT2D eigenvalue weighted by molar-refractivity contribution is 5.98. The fraction of sp³-hybridized carbons (Fsp3) is 0.375. The fourth-order valence-corrected chi connectivity index (χ4v) is 2.04. The highest BCUT2D eigenvalue weighted by Gasteiger charge is 2.26. The van der Waals surface area contributed by atoms with Gasteiger partial charge in [-0.25, -0.2) is 9.78 Å². The maximum Gasteiger partial charge on any atom is 0.339 e. The number of carboxylic acids is 1. The number of anilines is 1. The number of benzene rings is 1. The maximum atomic E-state index is 11.5. The van der Waals surface area contributed by atoms with E-state index in [1.54, 1.807) is 6.07 Å². The number of hydrogen-bond acceptors (Lipinski definition) is 3. The molecule has 0 radical (unpaired) electrons. The molecule has 0 spiro atoms. The highest BCUT2D eigenvalue weighted by Crippen LogP contribution is 2.29. The van der Waals surface area contributed by atoms with Crippen LogP contribution in [0.4, 0.5) is 5.82 Å². The monoisotopic (exact) mass is 272 g/mol. The van der Waals surface area contributed by atoms with Gasteiger partial charge in [-0.1, -0.05) is 25.1 Å². The van der Waals surface area contributed by atoms with E-state index in [2.05, 4.69) is 25.8 Å². The predicted octanol–water partition coefficient (Wildman–Crippen LogP) is 3.56. The number of carboxylic acid groups (broad SMARTS) is 1. The number of rotatable bonds is 4. The van der Waals surface area contributed by atoms with E-state index in [-0.39, 0.29) is 11.1 Å². The van der Waals surface area contributed by atoms with Crippen LogP contribution >= 0.6 is 0 Å². The first-order valence-corrected chi connectivity index (χ1v) is 6.73. The second kappa shape index (κ2) is 5.12. The van der Waals surface area contributed by atoms with Gasteiger partial charge in [0.1, 0.15) is 11.4 Å². The number of para-hydroxylation sites is 1. The fourth-order valence-electron chi connectivity index (χ4n) is 2.04. The molecule has 1 aromatic carbocycles. The molecule has 0 aliphatic carbocycles. The van der Waals surface area contributed by atoms with Crippen molar-refractivity contribution in [2.45, 2.75) is 32.7 Å². The lowest BCUT2D eigenvalue weighted by molar-refractivity contribution is 0.0697. The van der Waals surface area contributed by atoms with Crippen molar-refractivity contribution in [2.24, 2.45) is 0 Å². The normalized spacial score (nSPS) is 11.6. The highest BCUT2D eigenvalue weighted by atomic mass is 16.4. The summed E-state index contributed by atoms with van der Waals surface area (Å²) < 4.78 is 0. The molecule has 2 rings (SSSR count). The van der Waals surface area contributed by atoms with Gasteiger partial charge < -0.3 is 10.0 Å². The Morgan fingerprint density at radius 1 is 1.35 bits per heavy atom. The van der Waals surface area contributed by atoms with E-state index in [1.165, 1.54) is 0 Å². The van der Waals surface area contributed by atoms with Crippen LogP contribution in [0, 0.1) is 0 Å². The second-order valence-corrected chi connectivity index (χ2v) is 5.58. The van der Waals surface area contributed by atoms with Crippen LogP contribution in [0.25, 0.3) is 10.9 Å². The van der Waals surface area contributed by atoms with Gasteiger partial charge >= 0.3 is 5.97 Å². The lowest BCUT2D eigenvalue weighted by Crippen LogP contribution is -2.41. The number of pyridine rings is 1. The zero-order chi connectivity index (χ0) is 14.9. The summed E-state index contributed by atoms with van der Waals surface area (Å²) >= 11 is 0. The van der Waals surface area contributed by atoms with Gasteiger partial charge in [-0.2, -0.15) is 0 Å². The maximum absolute atomic E-state index is 11.5. The van der Waals surface area contributed by atoms with E-state index in [4.69, 9.17) is 0 Å². The Morgan fingerprint density at radius 3 is 2.60 bits per heavy atom. The molecular formula is C16H20N2O2. The molecule has 0 aliphatic rings. The van der Waals surface area contributed by atoms with Crippen LogP contribution in [0.2, 0.25) is 0 Å². The van der Waals surface area contributed by atoms with E-state index in [9.17, 15) is 9.90 Å². The molecule has 0 saturated carbocycles. The molecule has 0 fully saturated rings. The van der Waals surface area contributed by atoms with E-state index in [0.717, 1.165) is 17.3 Å². The van der Waals surface area contributed by atoms with Crippen LogP contribution in [0.15, 0.2) is 30.3 Å². The van der Waals surface area contributed by atoms with Crippen LogP contribution in [-0.2, 0) is 0 Å². The van der Waals surface area contributed by atoms with Gasteiger partial charge in [0.15, 0.2) is 0 Å². The first-order valence-electron chi connectivity index (χ1n) is 6.73. The molecule has 1 heterocycles. The summed E-state index contributed by atoms with van der Waals surface area (Å²) in [6.07, 6.45) is 0.900. The summed E-state index contributed by atoms with van der Waals surface area (Å²) in [6.45, 7) is 6.24. The van der Waals surface area contributed by atoms with Gasteiger partial charge in [-0.15, -0.1) is 0 Å². The van der Waals surface area contributed by atoms with Crippen molar-refractivity contribution in [3.05, 3.63) is 35.9 Å². The Hall–Kier alpha value is -2.10. The molecule has 2 aromatic rings. The van der Waals surface area contributed by atoms with Crippen LogP contribution in [0.1, 0.15) is 37.6 Å². The number of carbonyl (C=O) groups is 1. The zero-order valence-electron chi connectivity index (χ0n) is 12.3. The zero-order valence-corrected chi connectivity index (χ0v) is 12.3. The van der Waals surface area contributed by atoms with E-state index >= 15 is 0 Å². The van der Waals surface area contributed by atoms with E-state index in [0.29, 0.717) is 5.82 Å². The summed E-state index contributed by atoms with van der Waals surface area (Å²) in [6, 6.07) is 9.27. The van der Waals surface area contributed by atoms with Crippen molar-refractivity contribution in [2.75, 3.05) is 11.9 Å². The molecule has 4 nitrogen and oxygen atoms in total. The molecule has 0 saturated heterocycles. The van der Waals surface area contributed by atoms with Gasteiger partial charge in [0.2, 0.25) is 0 Å². The standard InChI is InChI=1S/C16H20N2O2/c1-5-16(2,3)18(4)14-12(15(19)20)10-11-8-6-7-9-13(11)17-14/h6-10H,5H2,1-4H3,(H,19,20). The molecule has 0 atom stereocenters. The first kappa shape index (κ1) is 14.3. The topological polar surface area (TPSA) is 53.4 Å². The van der Waals surface area contributed by atoms with Crippen molar-refractivity contribution >= 4 is 22.7 Å². The summed E-state index contributed by atoms with van der Waals surface area (Å²) in [5.74, 6) is -0.431. The molecule has 0 aliphatic heterocycles. The van der Waals surface area contributed by atoms with Gasteiger partial charge in [0, 0.05) is 18.0 Å². The minimum absolute atomic E-state index is 0.153. The number of nitrogens with zero attached hydrogens (tertiary/aromatic N) is 2. The van der Waals surface area contributed by atoms with E-state index in [1.807, 2.05) is 36.2 Å². The third-order valence-electron chi connectivity index (χ3n) is 4.03. The van der Waals surface area contributed by atoms with Crippen LogP contribution < -0.4 is 4.90 Å². The number of aromatic nitrogens is 1. The van der Waals surface area contributed by atoms with Gasteiger partial charge in [-0.3, -0.25) is 0 Å². The Balaban J connectivity index is 2.67. The van der Waals surface area contributed by atoms with Crippen molar-refractivity contribution < 1.29 is 9.90 Å². The summed E-state index contributed by atoms with van der Waals surface area (Å²) in [5, 5.41) is 10.3. The summed E-state index contributed by atoms with van der Waals surface area (Å²) in [4.78, 5) is 18.0. The Kier molecular flexibility index (Phi) is 3.66. The molecule has 1 aromatic heterocycles. The molecule has 0 unspecified atom stereocenters. The molecule has 0 amide bonds. The molecule has 0 bridgehead atoms. The largest absolute Gasteiger partial charge is 0.478 e. The third kappa shape index (κ3) is 2.46. The first-order chi connectivity index (χ1) is 9.36. The van der Waals surface area contributed by atoms with Crippen molar-refractivity contribution in [1.29, 1.82) is 0 Å². The summed E-state index contributed by atoms with van der Waals surface area (Å²) in [7, 11) is 1.90.